The highest BCUT2D eigenvalue weighted by atomic mass is 35.5. The lowest BCUT2D eigenvalue weighted by Gasteiger charge is -2.21. The highest BCUT2D eigenvalue weighted by Gasteiger charge is 2.12. The number of rotatable bonds is 1. The second kappa shape index (κ2) is 5.53. The number of nitrogens with one attached hydrogen (secondary N) is 1. The molecule has 0 spiro atoms. The van der Waals surface area contributed by atoms with Crippen LogP contribution in [0.3, 0.4) is 0 Å². The molecule has 0 aliphatic carbocycles. The molecule has 0 saturated carbocycles. The molecule has 1 aliphatic heterocycles. The maximum atomic E-state index is 6.01. The quantitative estimate of drug-likeness (QED) is 0.761. The smallest absolute Gasteiger partial charge is 0.0409 e. The third kappa shape index (κ3) is 3.22. The average Bonchev–Trinajstić information content (AvgIpc) is 2.16. The van der Waals surface area contributed by atoms with Crippen LogP contribution in [-0.4, -0.2) is 6.54 Å². The molecule has 1 nitrogen and oxygen atoms in total. The van der Waals surface area contributed by atoms with Crippen LogP contribution >= 0.6 is 11.6 Å². The number of halogens is 1. The molecule has 1 unspecified atom stereocenters. The van der Waals surface area contributed by atoms with E-state index in [1.165, 1.54) is 37.7 Å². The first-order valence-electron chi connectivity index (χ1n) is 5.85. The van der Waals surface area contributed by atoms with Crippen LogP contribution in [-0.2, 0) is 0 Å². The van der Waals surface area contributed by atoms with Crippen molar-refractivity contribution >= 4 is 11.6 Å². The highest BCUT2D eigenvalue weighted by molar-refractivity contribution is 6.30. The van der Waals surface area contributed by atoms with Crippen LogP contribution in [0.15, 0.2) is 24.3 Å². The number of benzene rings is 1. The van der Waals surface area contributed by atoms with Crippen LogP contribution in [0.2, 0.25) is 5.02 Å². The third-order valence-electron chi connectivity index (χ3n) is 3.06. The second-order valence-corrected chi connectivity index (χ2v) is 4.70. The van der Waals surface area contributed by atoms with Crippen molar-refractivity contribution in [1.29, 1.82) is 0 Å². The lowest BCUT2D eigenvalue weighted by atomic mass is 9.98. The molecule has 0 aromatic heterocycles. The van der Waals surface area contributed by atoms with Gasteiger partial charge in [-0.25, -0.2) is 0 Å². The summed E-state index contributed by atoms with van der Waals surface area (Å²) < 4.78 is 0. The van der Waals surface area contributed by atoms with E-state index in [4.69, 9.17) is 11.6 Å². The van der Waals surface area contributed by atoms with E-state index in [0.717, 1.165) is 11.6 Å². The van der Waals surface area contributed by atoms with Gasteiger partial charge in [0.25, 0.3) is 0 Å². The summed E-state index contributed by atoms with van der Waals surface area (Å²) in [5, 5.41) is 4.45. The van der Waals surface area contributed by atoms with E-state index < -0.39 is 0 Å². The zero-order chi connectivity index (χ0) is 10.5. The van der Waals surface area contributed by atoms with Gasteiger partial charge in [0, 0.05) is 11.1 Å². The highest BCUT2D eigenvalue weighted by Crippen LogP contribution is 2.24. The summed E-state index contributed by atoms with van der Waals surface area (Å²) in [4.78, 5) is 0. The van der Waals surface area contributed by atoms with Gasteiger partial charge in [-0.3, -0.25) is 0 Å². The van der Waals surface area contributed by atoms with Gasteiger partial charge in [0.2, 0.25) is 0 Å². The molecule has 1 heterocycles. The monoisotopic (exact) mass is 223 g/mol. The van der Waals surface area contributed by atoms with Gasteiger partial charge in [0.1, 0.15) is 0 Å². The van der Waals surface area contributed by atoms with Crippen LogP contribution < -0.4 is 5.32 Å². The Bertz CT molecular complexity index is 303. The van der Waals surface area contributed by atoms with Gasteiger partial charge >= 0.3 is 0 Å². The molecular weight excluding hydrogens is 206 g/mol. The second-order valence-electron chi connectivity index (χ2n) is 4.26. The van der Waals surface area contributed by atoms with E-state index >= 15 is 0 Å². The van der Waals surface area contributed by atoms with Gasteiger partial charge in [-0.15, -0.1) is 0 Å². The van der Waals surface area contributed by atoms with E-state index in [1.54, 1.807) is 0 Å². The molecule has 1 aromatic carbocycles. The molecule has 1 N–H and O–H groups in total. The van der Waals surface area contributed by atoms with E-state index in [1.807, 2.05) is 12.1 Å². The lowest BCUT2D eigenvalue weighted by Crippen LogP contribution is -2.23. The summed E-state index contributed by atoms with van der Waals surface area (Å²) in [5.41, 5.74) is 1.34. The maximum absolute atomic E-state index is 6.01. The summed E-state index contributed by atoms with van der Waals surface area (Å²) in [7, 11) is 0. The third-order valence-corrected chi connectivity index (χ3v) is 3.30. The predicted octanol–water partition coefficient (Wildman–Crippen LogP) is 3.93. The van der Waals surface area contributed by atoms with E-state index in [0.29, 0.717) is 6.04 Å². The topological polar surface area (TPSA) is 12.0 Å². The maximum Gasteiger partial charge on any atom is 0.0409 e. The largest absolute Gasteiger partial charge is 0.310 e. The Balaban J connectivity index is 2.06. The molecule has 15 heavy (non-hydrogen) atoms. The van der Waals surface area contributed by atoms with Crippen LogP contribution in [0, 0.1) is 0 Å². The summed E-state index contributed by atoms with van der Waals surface area (Å²) >= 11 is 6.01. The van der Waals surface area contributed by atoms with Crippen molar-refractivity contribution in [2.24, 2.45) is 0 Å². The Labute approximate surface area is 96.8 Å². The fraction of sp³-hybridized carbons (Fsp3) is 0.538. The number of hydrogen-bond donors (Lipinski definition) is 1. The Morgan fingerprint density at radius 3 is 2.87 bits per heavy atom. The van der Waals surface area contributed by atoms with Crippen molar-refractivity contribution in [2.45, 2.75) is 38.1 Å². The van der Waals surface area contributed by atoms with E-state index in [2.05, 4.69) is 17.4 Å². The van der Waals surface area contributed by atoms with Crippen LogP contribution in [0.1, 0.15) is 43.7 Å². The fourth-order valence-electron chi connectivity index (χ4n) is 2.21. The molecule has 0 amide bonds. The van der Waals surface area contributed by atoms with Crippen molar-refractivity contribution in [3.05, 3.63) is 34.9 Å². The average molecular weight is 224 g/mol. The molecule has 0 radical (unpaired) electrons. The van der Waals surface area contributed by atoms with Gasteiger partial charge in [0.05, 0.1) is 0 Å². The van der Waals surface area contributed by atoms with Crippen molar-refractivity contribution in [1.82, 2.24) is 5.32 Å². The van der Waals surface area contributed by atoms with Crippen LogP contribution in [0.5, 0.6) is 0 Å². The molecule has 0 bridgehead atoms. The molecule has 1 aliphatic rings. The SMILES string of the molecule is Clc1cccc(C2CCCCCCN2)c1. The zero-order valence-electron chi connectivity index (χ0n) is 9.01. The van der Waals surface area contributed by atoms with Gasteiger partial charge < -0.3 is 5.32 Å². The van der Waals surface area contributed by atoms with Crippen molar-refractivity contribution in [3.63, 3.8) is 0 Å². The summed E-state index contributed by atoms with van der Waals surface area (Å²) in [6.45, 7) is 1.14. The summed E-state index contributed by atoms with van der Waals surface area (Å²) in [6, 6.07) is 8.74. The standard InChI is InChI=1S/C13H18ClN/c14-12-7-5-6-11(10-12)13-8-3-1-2-4-9-15-13/h5-7,10,13,15H,1-4,8-9H2. The van der Waals surface area contributed by atoms with E-state index in [-0.39, 0.29) is 0 Å². The van der Waals surface area contributed by atoms with Gasteiger partial charge in [-0.2, -0.15) is 0 Å². The molecular formula is C13H18ClN. The van der Waals surface area contributed by atoms with Crippen molar-refractivity contribution < 1.29 is 0 Å². The molecule has 2 heteroatoms. The minimum absolute atomic E-state index is 0.504. The van der Waals surface area contributed by atoms with Crippen LogP contribution in [0.4, 0.5) is 0 Å². The minimum atomic E-state index is 0.504. The first kappa shape index (κ1) is 11.0. The van der Waals surface area contributed by atoms with Gasteiger partial charge in [-0.1, -0.05) is 43.0 Å². The molecule has 1 saturated heterocycles. The first-order chi connectivity index (χ1) is 7.36. The Morgan fingerprint density at radius 1 is 1.13 bits per heavy atom. The Morgan fingerprint density at radius 2 is 2.00 bits per heavy atom. The normalized spacial score (nSPS) is 23.1. The Kier molecular flexibility index (Phi) is 4.04. The predicted molar refractivity (Wildman–Crippen MR) is 65.3 cm³/mol. The molecule has 1 fully saturated rings. The van der Waals surface area contributed by atoms with Crippen LogP contribution in [0.25, 0.3) is 0 Å². The summed E-state index contributed by atoms with van der Waals surface area (Å²) in [6.07, 6.45) is 6.61. The zero-order valence-corrected chi connectivity index (χ0v) is 9.76. The molecule has 1 aromatic rings. The molecule has 82 valence electrons. The molecule has 2 rings (SSSR count). The number of hydrogen-bond acceptors (Lipinski definition) is 1. The first-order valence-corrected chi connectivity index (χ1v) is 6.23. The minimum Gasteiger partial charge on any atom is -0.310 e. The molecule has 1 atom stereocenters. The van der Waals surface area contributed by atoms with Gasteiger partial charge in [-0.05, 0) is 37.1 Å². The van der Waals surface area contributed by atoms with Crippen molar-refractivity contribution in [2.75, 3.05) is 6.54 Å². The Hall–Kier alpha value is -0.530. The van der Waals surface area contributed by atoms with Gasteiger partial charge in [0.15, 0.2) is 0 Å². The summed E-state index contributed by atoms with van der Waals surface area (Å²) in [5.74, 6) is 0. The van der Waals surface area contributed by atoms with E-state index in [9.17, 15) is 0 Å². The fourth-order valence-corrected chi connectivity index (χ4v) is 2.41. The lowest BCUT2D eigenvalue weighted by molar-refractivity contribution is 0.427. The van der Waals surface area contributed by atoms with Crippen molar-refractivity contribution in [3.8, 4) is 0 Å².